The first-order valence-corrected chi connectivity index (χ1v) is 13.0. The van der Waals surface area contributed by atoms with Gasteiger partial charge in [0.1, 0.15) is 5.56 Å². The van der Waals surface area contributed by atoms with Gasteiger partial charge in [-0.25, -0.2) is 10.5 Å². The number of hydrogen-bond acceptors (Lipinski definition) is 8. The highest BCUT2D eigenvalue weighted by atomic mass is 16.6. The average molecular weight is 538 g/mol. The van der Waals surface area contributed by atoms with Gasteiger partial charge in [-0.2, -0.15) is 4.98 Å². The maximum atomic E-state index is 13.2. The Kier molecular flexibility index (Phi) is 8.17. The van der Waals surface area contributed by atoms with Crippen LogP contribution in [0, 0.1) is 12.3 Å². The summed E-state index contributed by atoms with van der Waals surface area (Å²) in [7, 11) is 3.47. The lowest BCUT2D eigenvalue weighted by atomic mass is 10.1. The van der Waals surface area contributed by atoms with Crippen LogP contribution in [0.3, 0.4) is 0 Å². The number of carbonyl (C=O) groups excluding carboxylic acids is 1. The van der Waals surface area contributed by atoms with Gasteiger partial charge in [0, 0.05) is 62.1 Å². The minimum Gasteiger partial charge on any atom is -0.324 e. The van der Waals surface area contributed by atoms with Gasteiger partial charge in [-0.1, -0.05) is 18.1 Å². The van der Waals surface area contributed by atoms with E-state index in [-0.39, 0.29) is 10.9 Å². The molecule has 2 aromatic heterocycles. The standard InChI is InChI=1S/C30H31N7O3/c1-4-21-7-11-24(12-8-21)37-20-26(29(39)34-40-3)27(38)25-19-31-30(33-28(25)37)32-23-9-5-22(6-10-23)13-14-36-17-15-35(2)16-18-36/h1,5-12,19-20H,13-18H2,2-3H3,(H,34,39)(H,31,32,33). The number of amides is 1. The second-order valence-corrected chi connectivity index (χ2v) is 9.72. The third-order valence-corrected chi connectivity index (χ3v) is 7.02. The molecule has 1 aliphatic rings. The molecule has 2 aromatic carbocycles. The number of hydroxylamine groups is 1. The van der Waals surface area contributed by atoms with Crippen molar-refractivity contribution in [2.45, 2.75) is 6.42 Å². The van der Waals surface area contributed by atoms with E-state index in [9.17, 15) is 9.59 Å². The second-order valence-electron chi connectivity index (χ2n) is 9.72. The number of likely N-dealkylation sites (N-methyl/N-ethyl adjacent to an activating group) is 1. The van der Waals surface area contributed by atoms with Gasteiger partial charge in [0.2, 0.25) is 11.4 Å². The summed E-state index contributed by atoms with van der Waals surface area (Å²) in [4.78, 5) is 44.3. The zero-order valence-electron chi connectivity index (χ0n) is 22.6. The van der Waals surface area contributed by atoms with E-state index in [1.54, 1.807) is 28.8 Å². The Morgan fingerprint density at radius 3 is 2.48 bits per heavy atom. The van der Waals surface area contributed by atoms with Gasteiger partial charge in [-0.05, 0) is 55.4 Å². The summed E-state index contributed by atoms with van der Waals surface area (Å²) in [6, 6.07) is 15.3. The maximum Gasteiger partial charge on any atom is 0.280 e. The molecule has 0 radical (unpaired) electrons. The molecule has 4 aromatic rings. The maximum absolute atomic E-state index is 13.2. The third-order valence-electron chi connectivity index (χ3n) is 7.02. The number of hydrogen-bond donors (Lipinski definition) is 2. The fraction of sp³-hybridized carbons (Fsp3) is 0.267. The van der Waals surface area contributed by atoms with Gasteiger partial charge in [-0.3, -0.25) is 14.4 Å². The molecule has 0 aliphatic carbocycles. The second kappa shape index (κ2) is 12.1. The fourth-order valence-corrected chi connectivity index (χ4v) is 4.64. The Balaban J connectivity index is 1.41. The quantitative estimate of drug-likeness (QED) is 0.261. The van der Waals surface area contributed by atoms with Crippen LogP contribution >= 0.6 is 0 Å². The van der Waals surface area contributed by atoms with Crippen molar-refractivity contribution in [3.05, 3.63) is 87.8 Å². The first-order chi connectivity index (χ1) is 19.4. The van der Waals surface area contributed by atoms with Crippen molar-refractivity contribution in [1.82, 2.24) is 29.8 Å². The van der Waals surface area contributed by atoms with Gasteiger partial charge in [0.05, 0.1) is 12.5 Å². The zero-order chi connectivity index (χ0) is 28.1. The van der Waals surface area contributed by atoms with Crippen LogP contribution in [0.2, 0.25) is 0 Å². The van der Waals surface area contributed by atoms with Gasteiger partial charge >= 0.3 is 0 Å². The topological polar surface area (TPSA) is 105 Å². The molecule has 40 heavy (non-hydrogen) atoms. The van der Waals surface area contributed by atoms with Gasteiger partial charge in [0.25, 0.3) is 5.91 Å². The zero-order valence-corrected chi connectivity index (χ0v) is 22.6. The van der Waals surface area contributed by atoms with Crippen LogP contribution < -0.4 is 16.2 Å². The molecule has 5 rings (SSSR count). The Labute approximate surface area is 232 Å². The van der Waals surface area contributed by atoms with E-state index in [0.29, 0.717) is 22.8 Å². The summed E-state index contributed by atoms with van der Waals surface area (Å²) in [5.41, 5.74) is 5.40. The summed E-state index contributed by atoms with van der Waals surface area (Å²) in [5.74, 6) is 2.24. The van der Waals surface area contributed by atoms with E-state index >= 15 is 0 Å². The number of benzene rings is 2. The molecule has 2 N–H and O–H groups in total. The summed E-state index contributed by atoms with van der Waals surface area (Å²) in [6.07, 6.45) is 9.36. The van der Waals surface area contributed by atoms with Crippen LogP contribution in [0.5, 0.6) is 0 Å². The molecule has 10 heteroatoms. The molecule has 0 bridgehead atoms. The number of rotatable bonds is 8. The molecule has 204 valence electrons. The molecule has 3 heterocycles. The SMILES string of the molecule is C#Cc1ccc(-n2cc(C(=O)NOC)c(=O)c3cnc(Nc4ccc(CCN5CCN(C)CC5)cc4)nc32)cc1. The number of pyridine rings is 1. The lowest BCUT2D eigenvalue weighted by Crippen LogP contribution is -2.45. The molecular weight excluding hydrogens is 506 g/mol. The number of nitrogens with one attached hydrogen (secondary N) is 2. The van der Waals surface area contributed by atoms with E-state index in [1.807, 2.05) is 12.1 Å². The molecular formula is C30H31N7O3. The van der Waals surface area contributed by atoms with Crippen molar-refractivity contribution in [3.8, 4) is 18.0 Å². The number of fused-ring (bicyclic) bond motifs is 1. The first-order valence-electron chi connectivity index (χ1n) is 13.0. The molecule has 10 nitrogen and oxygen atoms in total. The van der Waals surface area contributed by atoms with Crippen LogP contribution in [0.25, 0.3) is 16.7 Å². The molecule has 1 fully saturated rings. The van der Waals surface area contributed by atoms with Crippen molar-refractivity contribution in [1.29, 1.82) is 0 Å². The van der Waals surface area contributed by atoms with E-state index in [1.165, 1.54) is 25.1 Å². The summed E-state index contributed by atoms with van der Waals surface area (Å²) >= 11 is 0. The van der Waals surface area contributed by atoms with Crippen LogP contribution in [0.4, 0.5) is 11.6 Å². The number of terminal acetylenes is 1. The number of nitrogens with zero attached hydrogens (tertiary/aromatic N) is 5. The lowest BCUT2D eigenvalue weighted by Gasteiger charge is -2.32. The number of anilines is 2. The predicted octanol–water partition coefficient (Wildman–Crippen LogP) is 2.59. The Bertz CT molecular complexity index is 1600. The minimum absolute atomic E-state index is 0.105. The highest BCUT2D eigenvalue weighted by Gasteiger charge is 2.18. The van der Waals surface area contributed by atoms with Crippen molar-refractivity contribution < 1.29 is 9.63 Å². The van der Waals surface area contributed by atoms with Crippen LogP contribution in [-0.4, -0.2) is 77.1 Å². The minimum atomic E-state index is -0.668. The largest absolute Gasteiger partial charge is 0.324 e. The fourth-order valence-electron chi connectivity index (χ4n) is 4.64. The normalized spacial score (nSPS) is 14.1. The highest BCUT2D eigenvalue weighted by molar-refractivity contribution is 5.96. The van der Waals surface area contributed by atoms with Gasteiger partial charge < -0.3 is 19.7 Å². The summed E-state index contributed by atoms with van der Waals surface area (Å²) in [6.45, 7) is 5.47. The van der Waals surface area contributed by atoms with Crippen molar-refractivity contribution in [3.63, 3.8) is 0 Å². The molecule has 0 saturated carbocycles. The average Bonchev–Trinajstić information content (AvgIpc) is 2.98. The Morgan fingerprint density at radius 1 is 1.07 bits per heavy atom. The third kappa shape index (κ3) is 6.02. The van der Waals surface area contributed by atoms with E-state index in [0.717, 1.165) is 44.8 Å². The van der Waals surface area contributed by atoms with Gasteiger partial charge in [0.15, 0.2) is 5.65 Å². The number of aromatic nitrogens is 3. The molecule has 0 unspecified atom stereocenters. The van der Waals surface area contributed by atoms with E-state index < -0.39 is 11.3 Å². The van der Waals surface area contributed by atoms with Crippen molar-refractivity contribution in [2.75, 3.05) is 52.2 Å². The smallest absolute Gasteiger partial charge is 0.280 e. The van der Waals surface area contributed by atoms with E-state index in [4.69, 9.17) is 11.3 Å². The first kappa shape index (κ1) is 27.0. The molecule has 1 amide bonds. The van der Waals surface area contributed by atoms with Crippen molar-refractivity contribution >= 4 is 28.6 Å². The number of piperazine rings is 1. The van der Waals surface area contributed by atoms with Crippen molar-refractivity contribution in [2.24, 2.45) is 0 Å². The van der Waals surface area contributed by atoms with E-state index in [2.05, 4.69) is 55.7 Å². The van der Waals surface area contributed by atoms with Crippen LogP contribution in [0.1, 0.15) is 21.5 Å². The molecule has 0 spiro atoms. The predicted molar refractivity (Wildman–Crippen MR) is 155 cm³/mol. The van der Waals surface area contributed by atoms with Crippen LogP contribution in [-0.2, 0) is 11.3 Å². The summed E-state index contributed by atoms with van der Waals surface area (Å²) in [5, 5.41) is 3.42. The number of carbonyl (C=O) groups is 1. The Hall–Kier alpha value is -4.56. The highest BCUT2D eigenvalue weighted by Crippen LogP contribution is 2.20. The van der Waals surface area contributed by atoms with Gasteiger partial charge in [-0.15, -0.1) is 6.42 Å². The molecule has 1 saturated heterocycles. The lowest BCUT2D eigenvalue weighted by molar-refractivity contribution is 0.0536. The summed E-state index contributed by atoms with van der Waals surface area (Å²) < 4.78 is 1.66. The van der Waals surface area contributed by atoms with Crippen LogP contribution in [0.15, 0.2) is 65.7 Å². The molecule has 1 aliphatic heterocycles. The Morgan fingerprint density at radius 2 is 1.80 bits per heavy atom. The molecule has 0 atom stereocenters. The monoisotopic (exact) mass is 537 g/mol.